The highest BCUT2D eigenvalue weighted by molar-refractivity contribution is 6.11. The Hall–Kier alpha value is -3.08. The quantitative estimate of drug-likeness (QED) is 0.664. The molecule has 1 fully saturated rings. The van der Waals surface area contributed by atoms with E-state index in [9.17, 15) is 9.59 Å². The lowest BCUT2D eigenvalue weighted by Crippen LogP contribution is -2.41. The number of carbonyl (C=O) groups is 2. The molecule has 0 radical (unpaired) electrons. The lowest BCUT2D eigenvalue weighted by Gasteiger charge is -2.37. The van der Waals surface area contributed by atoms with E-state index in [0.717, 1.165) is 41.7 Å². The fraction of sp³-hybridized carbons (Fsp3) is 0.429. The van der Waals surface area contributed by atoms with E-state index >= 15 is 0 Å². The minimum Gasteiger partial charge on any atom is -0.497 e. The number of fused-ring (bicyclic) bond motifs is 1. The predicted molar refractivity (Wildman–Crippen MR) is 126 cm³/mol. The van der Waals surface area contributed by atoms with Crippen LogP contribution in [-0.4, -0.2) is 36.3 Å². The maximum atomic E-state index is 13.7. The summed E-state index contributed by atoms with van der Waals surface area (Å²) in [6.45, 7) is 4.75. The van der Waals surface area contributed by atoms with Gasteiger partial charge in [0, 0.05) is 6.54 Å². The first-order chi connectivity index (χ1) is 16.0. The zero-order valence-electron chi connectivity index (χ0n) is 19.5. The Morgan fingerprint density at radius 2 is 1.76 bits per heavy atom. The average Bonchev–Trinajstić information content (AvgIpc) is 3.11. The zero-order valence-corrected chi connectivity index (χ0v) is 19.5. The molecule has 2 aliphatic heterocycles. The lowest BCUT2D eigenvalue weighted by molar-refractivity contribution is -0.136. The van der Waals surface area contributed by atoms with Crippen LogP contribution in [0.3, 0.4) is 0 Å². The van der Waals surface area contributed by atoms with Gasteiger partial charge < -0.3 is 14.4 Å². The third kappa shape index (κ3) is 3.94. The fourth-order valence-electron chi connectivity index (χ4n) is 5.49. The van der Waals surface area contributed by atoms with Gasteiger partial charge in [-0.25, -0.2) is 0 Å². The number of ether oxygens (including phenoxy) is 2. The maximum absolute atomic E-state index is 13.7. The summed E-state index contributed by atoms with van der Waals surface area (Å²) in [6.07, 6.45) is 3.23. The second kappa shape index (κ2) is 8.69. The van der Waals surface area contributed by atoms with Gasteiger partial charge in [-0.05, 0) is 61.8 Å². The number of ketones is 1. The molecule has 2 aromatic rings. The van der Waals surface area contributed by atoms with Crippen molar-refractivity contribution in [3.05, 3.63) is 76.6 Å². The minimum atomic E-state index is -0.392. The molecular formula is C28H31NO4. The third-order valence-electron chi connectivity index (χ3n) is 7.40. The molecule has 1 aliphatic carbocycles. The van der Waals surface area contributed by atoms with Crippen LogP contribution < -0.4 is 4.74 Å². The summed E-state index contributed by atoms with van der Waals surface area (Å²) in [4.78, 5) is 29.1. The topological polar surface area (TPSA) is 55.8 Å². The van der Waals surface area contributed by atoms with Crippen LogP contribution in [-0.2, 0) is 20.7 Å². The van der Waals surface area contributed by atoms with Crippen molar-refractivity contribution in [2.24, 2.45) is 11.8 Å². The van der Waals surface area contributed by atoms with E-state index in [4.69, 9.17) is 9.47 Å². The monoisotopic (exact) mass is 445 g/mol. The normalized spacial score (nSPS) is 26.7. The van der Waals surface area contributed by atoms with Gasteiger partial charge in [-0.3, -0.25) is 9.59 Å². The van der Waals surface area contributed by atoms with Crippen molar-refractivity contribution >= 4 is 11.7 Å². The molecule has 0 bridgehead atoms. The number of carbonyl (C=O) groups excluding carboxylic acids is 2. The fourth-order valence-corrected chi connectivity index (χ4v) is 5.49. The second-order valence-corrected chi connectivity index (χ2v) is 9.70. The van der Waals surface area contributed by atoms with E-state index < -0.39 is 6.04 Å². The molecule has 1 amide bonds. The zero-order chi connectivity index (χ0) is 23.1. The van der Waals surface area contributed by atoms with Gasteiger partial charge in [0.15, 0.2) is 11.5 Å². The van der Waals surface area contributed by atoms with Crippen molar-refractivity contribution in [1.29, 1.82) is 0 Å². The molecule has 0 spiro atoms. The SMILES string of the molecule is COc1ccc(CCN2C(=O)C3=C(C(=O)C4CC(C)CCC4O3)C2c2ccc(C)cc2)cc1. The van der Waals surface area contributed by atoms with Gasteiger partial charge in [-0.2, -0.15) is 0 Å². The first kappa shape index (κ1) is 21.7. The molecule has 1 saturated carbocycles. The molecule has 33 heavy (non-hydrogen) atoms. The van der Waals surface area contributed by atoms with Crippen LogP contribution in [0.5, 0.6) is 5.75 Å². The van der Waals surface area contributed by atoms with E-state index in [1.54, 1.807) is 7.11 Å². The Morgan fingerprint density at radius 3 is 2.45 bits per heavy atom. The molecule has 2 aromatic carbocycles. The van der Waals surface area contributed by atoms with Gasteiger partial charge in [-0.15, -0.1) is 0 Å². The molecule has 172 valence electrons. The van der Waals surface area contributed by atoms with E-state index in [2.05, 4.69) is 6.92 Å². The number of benzene rings is 2. The Kier molecular flexibility index (Phi) is 5.73. The third-order valence-corrected chi connectivity index (χ3v) is 7.40. The Balaban J connectivity index is 1.47. The van der Waals surface area contributed by atoms with Gasteiger partial charge in [0.05, 0.1) is 24.6 Å². The number of Topliss-reactive ketones (excluding diaryl/α,β-unsaturated/α-hetero) is 1. The van der Waals surface area contributed by atoms with Crippen LogP contribution >= 0.6 is 0 Å². The molecule has 5 nitrogen and oxygen atoms in total. The molecule has 4 atom stereocenters. The van der Waals surface area contributed by atoms with Crippen molar-refractivity contribution in [3.63, 3.8) is 0 Å². The average molecular weight is 446 g/mol. The van der Waals surface area contributed by atoms with Crippen LogP contribution in [0.25, 0.3) is 0 Å². The Labute approximate surface area is 195 Å². The second-order valence-electron chi connectivity index (χ2n) is 9.70. The van der Waals surface area contributed by atoms with E-state index in [-0.39, 0.29) is 29.5 Å². The van der Waals surface area contributed by atoms with Gasteiger partial charge >= 0.3 is 0 Å². The summed E-state index contributed by atoms with van der Waals surface area (Å²) in [5, 5.41) is 0. The van der Waals surface area contributed by atoms with Crippen LogP contribution in [0.15, 0.2) is 59.9 Å². The summed E-state index contributed by atoms with van der Waals surface area (Å²) >= 11 is 0. The highest BCUT2D eigenvalue weighted by Gasteiger charge is 2.52. The summed E-state index contributed by atoms with van der Waals surface area (Å²) in [7, 11) is 1.65. The molecule has 4 unspecified atom stereocenters. The van der Waals surface area contributed by atoms with Gasteiger partial charge in [0.2, 0.25) is 0 Å². The van der Waals surface area contributed by atoms with Crippen molar-refractivity contribution in [2.45, 2.75) is 51.7 Å². The maximum Gasteiger partial charge on any atom is 0.290 e. The van der Waals surface area contributed by atoms with Crippen molar-refractivity contribution < 1.29 is 19.1 Å². The van der Waals surface area contributed by atoms with Gasteiger partial charge in [-0.1, -0.05) is 48.9 Å². The van der Waals surface area contributed by atoms with E-state index in [0.29, 0.717) is 24.5 Å². The molecule has 5 rings (SSSR count). The van der Waals surface area contributed by atoms with Crippen LogP contribution in [0, 0.1) is 18.8 Å². The lowest BCUT2D eigenvalue weighted by atomic mass is 9.74. The van der Waals surface area contributed by atoms with Gasteiger partial charge in [0.25, 0.3) is 5.91 Å². The molecule has 0 aromatic heterocycles. The predicted octanol–water partition coefficient (Wildman–Crippen LogP) is 4.79. The number of hydrogen-bond acceptors (Lipinski definition) is 4. The highest BCUT2D eigenvalue weighted by Crippen LogP contribution is 2.47. The number of rotatable bonds is 5. The summed E-state index contributed by atoms with van der Waals surface area (Å²) in [6, 6.07) is 15.7. The van der Waals surface area contributed by atoms with Crippen molar-refractivity contribution in [2.75, 3.05) is 13.7 Å². The van der Waals surface area contributed by atoms with Crippen LogP contribution in [0.1, 0.15) is 48.9 Å². The first-order valence-corrected chi connectivity index (χ1v) is 11.9. The van der Waals surface area contributed by atoms with Gasteiger partial charge in [0.1, 0.15) is 11.9 Å². The summed E-state index contributed by atoms with van der Waals surface area (Å²) < 4.78 is 11.5. The first-order valence-electron chi connectivity index (χ1n) is 11.9. The van der Waals surface area contributed by atoms with Crippen molar-refractivity contribution in [3.8, 4) is 5.75 Å². The van der Waals surface area contributed by atoms with Crippen LogP contribution in [0.2, 0.25) is 0 Å². The number of amides is 1. The Bertz CT molecular complexity index is 1090. The highest BCUT2D eigenvalue weighted by atomic mass is 16.5. The number of nitrogens with zero attached hydrogens (tertiary/aromatic N) is 1. The minimum absolute atomic E-state index is 0.110. The number of hydrogen-bond donors (Lipinski definition) is 0. The summed E-state index contributed by atoms with van der Waals surface area (Å²) in [5.74, 6) is 1.41. The number of methoxy groups -OCH3 is 1. The molecule has 5 heteroatoms. The standard InChI is InChI=1S/C28H31NO4/c1-17-4-9-20(10-5-17)25-24-26(30)22-16-18(2)6-13-23(22)33-27(24)28(31)29(25)15-14-19-7-11-21(32-3)12-8-19/h4-5,7-12,18,22-23,25H,6,13-16H2,1-3H3. The molecular weight excluding hydrogens is 414 g/mol. The van der Waals surface area contributed by atoms with Crippen molar-refractivity contribution in [1.82, 2.24) is 4.90 Å². The molecule has 2 heterocycles. The summed E-state index contributed by atoms with van der Waals surface area (Å²) in [5.41, 5.74) is 3.79. The molecule has 0 N–H and O–H groups in total. The van der Waals surface area contributed by atoms with E-state index in [1.165, 1.54) is 0 Å². The number of aryl methyl sites for hydroxylation is 1. The smallest absolute Gasteiger partial charge is 0.290 e. The molecule has 0 saturated heterocycles. The van der Waals surface area contributed by atoms with Crippen LogP contribution in [0.4, 0.5) is 0 Å². The molecule has 3 aliphatic rings. The van der Waals surface area contributed by atoms with E-state index in [1.807, 2.05) is 60.4 Å². The largest absolute Gasteiger partial charge is 0.497 e. The Morgan fingerprint density at radius 1 is 1.03 bits per heavy atom.